The Kier molecular flexibility index (Phi) is 5.44. The number of halogens is 1. The van der Waals surface area contributed by atoms with Gasteiger partial charge in [-0.3, -0.25) is 0 Å². The molecule has 0 aliphatic heterocycles. The summed E-state index contributed by atoms with van der Waals surface area (Å²) in [6.45, 7) is 4.26. The molecule has 92 valence electrons. The monoisotopic (exact) mass is 305 g/mol. The van der Waals surface area contributed by atoms with Gasteiger partial charge in [0.15, 0.2) is 0 Å². The average molecular weight is 306 g/mol. The molecule has 1 N–H and O–H groups in total. The van der Waals surface area contributed by atoms with E-state index in [1.165, 1.54) is 9.35 Å². The lowest BCUT2D eigenvalue weighted by Crippen LogP contribution is -2.25. The smallest absolute Gasteiger partial charge is 0.0623 e. The van der Waals surface area contributed by atoms with Gasteiger partial charge < -0.3 is 10.1 Å². The van der Waals surface area contributed by atoms with Crippen LogP contribution in [0.4, 0.5) is 0 Å². The third-order valence-electron chi connectivity index (χ3n) is 2.87. The predicted molar refractivity (Wildman–Crippen MR) is 74.1 cm³/mol. The maximum absolute atomic E-state index is 5.44. The SMILES string of the molecule is CNC(CCC(C)(C)OC)c1cc(Br)cs1. The van der Waals surface area contributed by atoms with E-state index in [0.717, 1.165) is 12.8 Å². The molecule has 0 radical (unpaired) electrons. The fourth-order valence-corrected chi connectivity index (χ4v) is 3.12. The minimum Gasteiger partial charge on any atom is -0.379 e. The molecule has 4 heteroatoms. The van der Waals surface area contributed by atoms with E-state index < -0.39 is 0 Å². The van der Waals surface area contributed by atoms with E-state index in [1.807, 2.05) is 7.05 Å². The fraction of sp³-hybridized carbons (Fsp3) is 0.667. The van der Waals surface area contributed by atoms with Crippen molar-refractivity contribution in [1.29, 1.82) is 0 Å². The van der Waals surface area contributed by atoms with Gasteiger partial charge in [0.05, 0.1) is 5.60 Å². The van der Waals surface area contributed by atoms with E-state index in [-0.39, 0.29) is 5.60 Å². The molecule has 1 aromatic rings. The zero-order chi connectivity index (χ0) is 12.2. The molecule has 1 unspecified atom stereocenters. The van der Waals surface area contributed by atoms with Gasteiger partial charge in [0.1, 0.15) is 0 Å². The number of thiophene rings is 1. The zero-order valence-electron chi connectivity index (χ0n) is 10.3. The van der Waals surface area contributed by atoms with Crippen molar-refractivity contribution in [1.82, 2.24) is 5.32 Å². The van der Waals surface area contributed by atoms with Crippen molar-refractivity contribution >= 4 is 27.3 Å². The number of hydrogen-bond donors (Lipinski definition) is 1. The molecular weight excluding hydrogens is 286 g/mol. The molecule has 1 rings (SSSR count). The van der Waals surface area contributed by atoms with Crippen LogP contribution >= 0.6 is 27.3 Å². The largest absolute Gasteiger partial charge is 0.379 e. The number of hydrogen-bond acceptors (Lipinski definition) is 3. The topological polar surface area (TPSA) is 21.3 Å². The van der Waals surface area contributed by atoms with E-state index in [4.69, 9.17) is 4.74 Å². The van der Waals surface area contributed by atoms with Gasteiger partial charge in [-0.05, 0) is 55.7 Å². The standard InChI is InChI=1S/C12H20BrNOS/c1-12(2,15-4)6-5-10(14-3)11-7-9(13)8-16-11/h7-8,10,14H,5-6H2,1-4H3. The highest BCUT2D eigenvalue weighted by Gasteiger charge is 2.20. The van der Waals surface area contributed by atoms with E-state index in [2.05, 4.69) is 46.5 Å². The van der Waals surface area contributed by atoms with Gasteiger partial charge in [-0.25, -0.2) is 0 Å². The molecule has 1 heterocycles. The summed E-state index contributed by atoms with van der Waals surface area (Å²) in [5, 5.41) is 5.49. The molecular formula is C12H20BrNOS. The third-order valence-corrected chi connectivity index (χ3v) is 4.67. The Balaban J connectivity index is 2.56. The molecule has 1 aromatic heterocycles. The first-order valence-electron chi connectivity index (χ1n) is 5.45. The second kappa shape index (κ2) is 6.15. The summed E-state index contributed by atoms with van der Waals surface area (Å²) in [6, 6.07) is 2.61. The second-order valence-corrected chi connectivity index (χ2v) is 6.37. The lowest BCUT2D eigenvalue weighted by Gasteiger charge is -2.25. The van der Waals surface area contributed by atoms with Crippen LogP contribution in [0.3, 0.4) is 0 Å². The Morgan fingerprint density at radius 3 is 2.69 bits per heavy atom. The summed E-state index contributed by atoms with van der Waals surface area (Å²) < 4.78 is 6.61. The quantitative estimate of drug-likeness (QED) is 0.858. The van der Waals surface area contributed by atoms with E-state index in [0.29, 0.717) is 6.04 Å². The number of rotatable bonds is 6. The molecule has 0 aliphatic carbocycles. The van der Waals surface area contributed by atoms with Gasteiger partial charge in [-0.1, -0.05) is 0 Å². The molecule has 2 nitrogen and oxygen atoms in total. The van der Waals surface area contributed by atoms with Gasteiger partial charge in [-0.2, -0.15) is 0 Å². The molecule has 0 saturated heterocycles. The molecule has 0 aromatic carbocycles. The first-order valence-corrected chi connectivity index (χ1v) is 7.12. The first kappa shape index (κ1) is 14.2. The molecule has 0 fully saturated rings. The first-order chi connectivity index (χ1) is 7.48. The molecule has 0 saturated carbocycles. The Morgan fingerprint density at radius 1 is 1.56 bits per heavy atom. The Labute approximate surface area is 111 Å². The van der Waals surface area contributed by atoms with Crippen molar-refractivity contribution in [3.63, 3.8) is 0 Å². The zero-order valence-corrected chi connectivity index (χ0v) is 12.7. The van der Waals surface area contributed by atoms with Crippen LogP contribution < -0.4 is 5.32 Å². The molecule has 0 spiro atoms. The van der Waals surface area contributed by atoms with Gasteiger partial charge in [0, 0.05) is 27.9 Å². The summed E-state index contributed by atoms with van der Waals surface area (Å²) >= 11 is 5.28. The van der Waals surface area contributed by atoms with Gasteiger partial charge in [-0.15, -0.1) is 11.3 Å². The highest BCUT2D eigenvalue weighted by atomic mass is 79.9. The lowest BCUT2D eigenvalue weighted by molar-refractivity contribution is 0.0119. The maximum atomic E-state index is 5.44. The number of nitrogens with one attached hydrogen (secondary N) is 1. The van der Waals surface area contributed by atoms with Crippen molar-refractivity contribution in [2.24, 2.45) is 0 Å². The summed E-state index contributed by atoms with van der Waals surface area (Å²) in [6.07, 6.45) is 2.13. The van der Waals surface area contributed by atoms with Gasteiger partial charge in [0.25, 0.3) is 0 Å². The molecule has 1 atom stereocenters. The van der Waals surface area contributed by atoms with Crippen molar-refractivity contribution in [2.45, 2.75) is 38.3 Å². The highest BCUT2D eigenvalue weighted by Crippen LogP contribution is 2.30. The Hall–Kier alpha value is 0.1000. The normalized spacial score (nSPS) is 14.1. The number of ether oxygens (including phenoxy) is 1. The summed E-state index contributed by atoms with van der Waals surface area (Å²) in [5.41, 5.74) is -0.0381. The van der Waals surface area contributed by atoms with E-state index in [9.17, 15) is 0 Å². The van der Waals surface area contributed by atoms with Crippen molar-refractivity contribution in [3.05, 3.63) is 20.8 Å². The van der Waals surface area contributed by atoms with Crippen LogP contribution in [0.15, 0.2) is 15.9 Å². The van der Waals surface area contributed by atoms with Gasteiger partial charge >= 0.3 is 0 Å². The van der Waals surface area contributed by atoms with Crippen LogP contribution in [0.25, 0.3) is 0 Å². The highest BCUT2D eigenvalue weighted by molar-refractivity contribution is 9.10. The van der Waals surface area contributed by atoms with Crippen LogP contribution in [0.1, 0.15) is 37.6 Å². The van der Waals surface area contributed by atoms with Crippen LogP contribution in [0.2, 0.25) is 0 Å². The van der Waals surface area contributed by atoms with E-state index in [1.54, 1.807) is 18.4 Å². The Bertz CT molecular complexity index is 325. The van der Waals surface area contributed by atoms with Crippen LogP contribution in [0.5, 0.6) is 0 Å². The average Bonchev–Trinajstić information content (AvgIpc) is 2.66. The van der Waals surface area contributed by atoms with Gasteiger partial charge in [0.2, 0.25) is 0 Å². The number of methoxy groups -OCH3 is 1. The minimum absolute atomic E-state index is 0.0381. The summed E-state index contributed by atoms with van der Waals surface area (Å²) in [5.74, 6) is 0. The summed E-state index contributed by atoms with van der Waals surface area (Å²) in [7, 11) is 3.79. The molecule has 16 heavy (non-hydrogen) atoms. The predicted octanol–water partition coefficient (Wildman–Crippen LogP) is 3.98. The van der Waals surface area contributed by atoms with Crippen LogP contribution in [0, 0.1) is 0 Å². The Morgan fingerprint density at radius 2 is 2.25 bits per heavy atom. The van der Waals surface area contributed by atoms with Crippen LogP contribution in [-0.4, -0.2) is 19.8 Å². The second-order valence-electron chi connectivity index (χ2n) is 4.51. The minimum atomic E-state index is -0.0381. The van der Waals surface area contributed by atoms with Crippen LogP contribution in [-0.2, 0) is 4.74 Å². The van der Waals surface area contributed by atoms with Crippen molar-refractivity contribution in [2.75, 3.05) is 14.2 Å². The maximum Gasteiger partial charge on any atom is 0.0623 e. The van der Waals surface area contributed by atoms with Crippen molar-refractivity contribution in [3.8, 4) is 0 Å². The molecule has 0 aliphatic rings. The fourth-order valence-electron chi connectivity index (χ4n) is 1.53. The third kappa shape index (κ3) is 4.17. The van der Waals surface area contributed by atoms with E-state index >= 15 is 0 Å². The lowest BCUT2D eigenvalue weighted by atomic mass is 9.98. The molecule has 0 amide bonds. The summed E-state index contributed by atoms with van der Waals surface area (Å²) in [4.78, 5) is 1.38. The van der Waals surface area contributed by atoms with Crippen molar-refractivity contribution < 1.29 is 4.74 Å². The molecule has 0 bridgehead atoms.